The fourth-order valence-corrected chi connectivity index (χ4v) is 9.67. The summed E-state index contributed by atoms with van der Waals surface area (Å²) in [5.74, 6) is 0.835. The number of para-hydroxylation sites is 3. The highest BCUT2D eigenvalue weighted by Gasteiger charge is 2.50. The maximum atomic E-state index is 5.37. The Morgan fingerprint density at radius 1 is 0.449 bits per heavy atom. The number of hydrogen-bond donors (Lipinski definition) is 0. The highest BCUT2D eigenvalue weighted by molar-refractivity contribution is 7.99. The van der Waals surface area contributed by atoms with Gasteiger partial charge in [-0.05, 0) is 75.8 Å². The number of rotatable bonds is 2. The monoisotopic (exact) mass is 641 g/mol. The van der Waals surface area contributed by atoms with Gasteiger partial charge in [0.05, 0.1) is 27.5 Å². The van der Waals surface area contributed by atoms with Gasteiger partial charge in [-0.15, -0.1) is 0 Å². The Morgan fingerprint density at radius 2 is 1.06 bits per heavy atom. The zero-order valence-corrected chi connectivity index (χ0v) is 27.2. The molecule has 0 N–H and O–H groups in total. The quantitative estimate of drug-likeness (QED) is 0.188. The van der Waals surface area contributed by atoms with E-state index in [9.17, 15) is 0 Å². The van der Waals surface area contributed by atoms with Gasteiger partial charge in [0.25, 0.3) is 0 Å². The van der Waals surface area contributed by atoms with Gasteiger partial charge < -0.3 is 0 Å². The second kappa shape index (κ2) is 10.0. The van der Waals surface area contributed by atoms with Gasteiger partial charge in [0.1, 0.15) is 5.69 Å². The van der Waals surface area contributed by atoms with Crippen molar-refractivity contribution in [1.82, 2.24) is 14.5 Å². The van der Waals surface area contributed by atoms with E-state index < -0.39 is 5.41 Å². The molecule has 2 aliphatic rings. The summed E-state index contributed by atoms with van der Waals surface area (Å²) in [7, 11) is 0. The lowest BCUT2D eigenvalue weighted by Gasteiger charge is -2.39. The minimum absolute atomic E-state index is 0.431. The second-order valence-electron chi connectivity index (χ2n) is 12.9. The third-order valence-corrected chi connectivity index (χ3v) is 11.6. The summed E-state index contributed by atoms with van der Waals surface area (Å²) in [5, 5.41) is 2.41. The molecule has 11 rings (SSSR count). The lowest BCUT2D eigenvalue weighted by molar-refractivity contribution is 0.723. The van der Waals surface area contributed by atoms with Crippen molar-refractivity contribution in [3.63, 3.8) is 0 Å². The van der Waals surface area contributed by atoms with Crippen LogP contribution in [0, 0.1) is 0 Å². The number of nitrogens with zero attached hydrogens (tertiary/aromatic N) is 3. The zero-order valence-electron chi connectivity index (χ0n) is 26.3. The van der Waals surface area contributed by atoms with Gasteiger partial charge in [-0.1, -0.05) is 133 Å². The number of benzene rings is 7. The van der Waals surface area contributed by atoms with Crippen LogP contribution < -0.4 is 0 Å². The van der Waals surface area contributed by atoms with E-state index in [-0.39, 0.29) is 0 Å². The molecule has 0 saturated carbocycles. The third-order valence-electron chi connectivity index (χ3n) is 10.5. The van der Waals surface area contributed by atoms with Gasteiger partial charge in [-0.3, -0.25) is 4.57 Å². The fourth-order valence-electron chi connectivity index (χ4n) is 8.48. The molecule has 0 radical (unpaired) electrons. The summed E-state index contributed by atoms with van der Waals surface area (Å²) < 4.78 is 2.35. The third kappa shape index (κ3) is 3.59. The standard InChI is InChI=1S/C45H27N3S/c1-2-14-28(15-3-1)43-44(47-38-22-10-9-21-37(38)46-43)48-39-23-11-5-17-30(39)32-26-36-31(27-40(32)48)29-16-4-6-18-33(29)45(36)34-19-7-12-24-41(34)49-42-25-13-8-20-35(42)45/h1-27H. The van der Waals surface area contributed by atoms with Crippen molar-refractivity contribution < 1.29 is 0 Å². The van der Waals surface area contributed by atoms with Crippen molar-refractivity contribution >= 4 is 44.6 Å². The summed E-state index contributed by atoms with van der Waals surface area (Å²) in [5.41, 5.74) is 13.4. The van der Waals surface area contributed by atoms with Gasteiger partial charge in [-0.25, -0.2) is 9.97 Å². The first kappa shape index (κ1) is 27.0. The molecule has 4 heteroatoms. The predicted octanol–water partition coefficient (Wildman–Crippen LogP) is 11.2. The van der Waals surface area contributed by atoms with Crippen LogP contribution in [0.1, 0.15) is 22.3 Å². The summed E-state index contributed by atoms with van der Waals surface area (Å²) >= 11 is 1.88. The van der Waals surface area contributed by atoms with E-state index in [4.69, 9.17) is 9.97 Å². The van der Waals surface area contributed by atoms with E-state index in [2.05, 4.69) is 150 Å². The Kier molecular flexibility index (Phi) is 5.53. The highest BCUT2D eigenvalue weighted by atomic mass is 32.2. The van der Waals surface area contributed by atoms with E-state index in [1.807, 2.05) is 30.0 Å². The molecule has 1 spiro atoms. The molecule has 1 aliphatic carbocycles. The minimum atomic E-state index is -0.431. The molecule has 0 unspecified atom stereocenters. The first-order valence-electron chi connectivity index (χ1n) is 16.7. The van der Waals surface area contributed by atoms with Crippen LogP contribution in [0.5, 0.6) is 0 Å². The van der Waals surface area contributed by atoms with Crippen LogP contribution in [0.25, 0.3) is 61.0 Å². The Balaban J connectivity index is 1.30. The van der Waals surface area contributed by atoms with Crippen LogP contribution in [0.2, 0.25) is 0 Å². The van der Waals surface area contributed by atoms with E-state index in [1.54, 1.807) is 0 Å². The second-order valence-corrected chi connectivity index (χ2v) is 14.0. The van der Waals surface area contributed by atoms with Crippen molar-refractivity contribution in [2.24, 2.45) is 0 Å². The van der Waals surface area contributed by atoms with Gasteiger partial charge >= 0.3 is 0 Å². The summed E-state index contributed by atoms with van der Waals surface area (Å²) in [6, 6.07) is 59.3. The topological polar surface area (TPSA) is 30.7 Å². The van der Waals surface area contributed by atoms with Crippen LogP contribution >= 0.6 is 11.8 Å². The van der Waals surface area contributed by atoms with E-state index in [1.165, 1.54) is 53.9 Å². The Hall–Kier alpha value is -5.97. The van der Waals surface area contributed by atoms with Crippen LogP contribution in [-0.4, -0.2) is 14.5 Å². The lowest BCUT2D eigenvalue weighted by Crippen LogP contribution is -2.31. The fraction of sp³-hybridized carbons (Fsp3) is 0.0222. The Morgan fingerprint density at radius 3 is 1.84 bits per heavy atom. The molecular weight excluding hydrogens is 615 g/mol. The zero-order chi connectivity index (χ0) is 32.1. The molecule has 9 aromatic rings. The number of fused-ring (bicyclic) bond motifs is 13. The van der Waals surface area contributed by atoms with Crippen molar-refractivity contribution in [3.8, 4) is 28.2 Å². The van der Waals surface area contributed by atoms with Crippen LogP contribution in [0.3, 0.4) is 0 Å². The molecule has 0 fully saturated rings. The SMILES string of the molecule is c1ccc(-c2nc3ccccc3nc2-n2c3ccccc3c3cc4c(cc32)-c2ccccc2C42c3ccccc3Sc3ccccc32)cc1. The van der Waals surface area contributed by atoms with E-state index in [0.717, 1.165) is 39.1 Å². The molecule has 49 heavy (non-hydrogen) atoms. The molecule has 0 saturated heterocycles. The van der Waals surface area contributed by atoms with Crippen molar-refractivity contribution in [2.75, 3.05) is 0 Å². The van der Waals surface area contributed by atoms with Gasteiger partial charge in [0.15, 0.2) is 5.82 Å². The average Bonchev–Trinajstić information content (AvgIpc) is 3.64. The van der Waals surface area contributed by atoms with Gasteiger partial charge in [-0.2, -0.15) is 0 Å². The molecule has 3 nitrogen and oxygen atoms in total. The van der Waals surface area contributed by atoms with Crippen LogP contribution in [0.15, 0.2) is 174 Å². The Bertz CT molecular complexity index is 2770. The minimum Gasteiger partial charge on any atom is -0.292 e. The van der Waals surface area contributed by atoms with Crippen molar-refractivity contribution in [2.45, 2.75) is 15.2 Å². The normalized spacial score (nSPS) is 13.8. The first-order chi connectivity index (χ1) is 24.3. The molecule has 1 aliphatic heterocycles. The summed E-state index contributed by atoms with van der Waals surface area (Å²) in [6.07, 6.45) is 0. The predicted molar refractivity (Wildman–Crippen MR) is 201 cm³/mol. The summed E-state index contributed by atoms with van der Waals surface area (Å²) in [4.78, 5) is 13.2. The molecule has 3 heterocycles. The Labute approximate surface area is 287 Å². The van der Waals surface area contributed by atoms with Crippen LogP contribution in [0.4, 0.5) is 0 Å². The summed E-state index contributed by atoms with van der Waals surface area (Å²) in [6.45, 7) is 0. The number of hydrogen-bond acceptors (Lipinski definition) is 3. The van der Waals surface area contributed by atoms with Crippen LogP contribution in [-0.2, 0) is 5.41 Å². The lowest BCUT2D eigenvalue weighted by atomic mass is 9.67. The molecule has 7 aromatic carbocycles. The maximum absolute atomic E-state index is 5.37. The van der Waals surface area contributed by atoms with Crippen molar-refractivity contribution in [1.29, 1.82) is 0 Å². The smallest absolute Gasteiger partial charge is 0.165 e. The average molecular weight is 642 g/mol. The van der Waals surface area contributed by atoms with Gasteiger partial charge in [0.2, 0.25) is 0 Å². The largest absolute Gasteiger partial charge is 0.292 e. The molecule has 228 valence electrons. The highest BCUT2D eigenvalue weighted by Crippen LogP contribution is 2.62. The first-order valence-corrected chi connectivity index (χ1v) is 17.5. The molecular formula is C45H27N3S. The molecule has 0 amide bonds. The van der Waals surface area contributed by atoms with E-state index in [0.29, 0.717) is 0 Å². The maximum Gasteiger partial charge on any atom is 0.165 e. The number of aromatic nitrogens is 3. The van der Waals surface area contributed by atoms with Gasteiger partial charge in [0, 0.05) is 26.1 Å². The molecule has 0 bridgehead atoms. The van der Waals surface area contributed by atoms with E-state index >= 15 is 0 Å². The van der Waals surface area contributed by atoms with Crippen molar-refractivity contribution in [3.05, 3.63) is 186 Å². The molecule has 2 aromatic heterocycles. The molecule has 0 atom stereocenters.